The molecule has 0 spiro atoms. The number of rotatable bonds is 5. The average molecular weight is 490 g/mol. The number of non-ortho nitro benzene ring substituents is 1. The van der Waals surface area contributed by atoms with Crippen LogP contribution in [0.4, 0.5) is 5.69 Å². The van der Waals surface area contributed by atoms with E-state index in [9.17, 15) is 19.7 Å². The highest BCUT2D eigenvalue weighted by atomic mass is 32.1. The molecule has 0 saturated heterocycles. The molecule has 0 atom stereocenters. The zero-order valence-electron chi connectivity index (χ0n) is 18.5. The molecule has 9 nitrogen and oxygen atoms in total. The van der Waals surface area contributed by atoms with Crippen molar-refractivity contribution in [2.45, 2.75) is 19.4 Å². The summed E-state index contributed by atoms with van der Waals surface area (Å²) in [5.41, 5.74) is 1.84. The zero-order chi connectivity index (χ0) is 24.5. The number of benzene rings is 3. The van der Waals surface area contributed by atoms with Crippen molar-refractivity contribution in [1.82, 2.24) is 4.57 Å². The molecule has 0 N–H and O–H groups in total. The molecule has 10 heteroatoms. The number of aromatic nitrogens is 1. The van der Waals surface area contributed by atoms with Crippen molar-refractivity contribution in [3.05, 3.63) is 92.8 Å². The van der Waals surface area contributed by atoms with E-state index in [1.54, 1.807) is 29.7 Å². The van der Waals surface area contributed by atoms with E-state index >= 15 is 0 Å². The lowest BCUT2D eigenvalue weighted by Crippen LogP contribution is -2.25. The van der Waals surface area contributed by atoms with Gasteiger partial charge in [0.05, 0.1) is 27.7 Å². The first-order valence-electron chi connectivity index (χ1n) is 10.8. The highest BCUT2D eigenvalue weighted by Gasteiger charge is 2.32. The van der Waals surface area contributed by atoms with E-state index in [2.05, 4.69) is 4.99 Å². The molecule has 0 radical (unpaired) electrons. The van der Waals surface area contributed by atoms with E-state index in [0.717, 1.165) is 11.3 Å². The Morgan fingerprint density at radius 1 is 1.09 bits per heavy atom. The van der Waals surface area contributed by atoms with Crippen LogP contribution in [0.25, 0.3) is 10.2 Å². The summed E-state index contributed by atoms with van der Waals surface area (Å²) in [6, 6.07) is 18.9. The van der Waals surface area contributed by atoms with Crippen LogP contribution in [0, 0.1) is 10.1 Å². The second kappa shape index (κ2) is 9.15. The second-order valence-electron chi connectivity index (χ2n) is 7.75. The van der Waals surface area contributed by atoms with E-state index in [0.29, 0.717) is 32.8 Å². The number of nitro groups is 1. The standard InChI is InChI=1S/C25H19N3O6S/c1-2-33-22(29)14-27-18-12-11-15(28(31)32)13-21(18)35-25(27)26-24(30)23-16-7-3-5-9-19(16)34-20-10-6-4-8-17(20)23/h3-13,23H,2,14H2,1H3. The summed E-state index contributed by atoms with van der Waals surface area (Å²) in [4.78, 5) is 41.4. The zero-order valence-corrected chi connectivity index (χ0v) is 19.4. The Bertz CT molecular complexity index is 1510. The number of para-hydroxylation sites is 2. The summed E-state index contributed by atoms with van der Waals surface area (Å²) >= 11 is 1.10. The quantitative estimate of drug-likeness (QED) is 0.231. The maximum absolute atomic E-state index is 13.7. The van der Waals surface area contributed by atoms with Crippen molar-refractivity contribution in [3.63, 3.8) is 0 Å². The molecule has 3 aromatic carbocycles. The minimum Gasteiger partial charge on any atom is -0.465 e. The summed E-state index contributed by atoms with van der Waals surface area (Å²) < 4.78 is 13.1. The molecule has 0 bridgehead atoms. The summed E-state index contributed by atoms with van der Waals surface area (Å²) in [5, 5.41) is 11.3. The van der Waals surface area contributed by atoms with Gasteiger partial charge in [0.25, 0.3) is 11.6 Å². The van der Waals surface area contributed by atoms with Crippen LogP contribution in [-0.2, 0) is 20.9 Å². The Kier molecular flexibility index (Phi) is 5.87. The fourth-order valence-electron chi connectivity index (χ4n) is 4.08. The summed E-state index contributed by atoms with van der Waals surface area (Å²) in [6.07, 6.45) is 0. The molecule has 4 aromatic rings. The highest BCUT2D eigenvalue weighted by Crippen LogP contribution is 2.44. The third kappa shape index (κ3) is 4.19. The number of hydrogen-bond acceptors (Lipinski definition) is 7. The van der Waals surface area contributed by atoms with Crippen LogP contribution in [0.5, 0.6) is 11.5 Å². The minimum absolute atomic E-state index is 0.0906. The Morgan fingerprint density at radius 3 is 2.37 bits per heavy atom. The normalized spacial score (nSPS) is 13.1. The maximum atomic E-state index is 13.7. The molecule has 0 unspecified atom stereocenters. The second-order valence-corrected chi connectivity index (χ2v) is 8.75. The van der Waals surface area contributed by atoms with Gasteiger partial charge in [0.2, 0.25) is 0 Å². The van der Waals surface area contributed by atoms with Gasteiger partial charge in [0, 0.05) is 23.3 Å². The largest absolute Gasteiger partial charge is 0.465 e. The molecular weight excluding hydrogens is 470 g/mol. The fraction of sp³-hybridized carbons (Fsp3) is 0.160. The van der Waals surface area contributed by atoms with Crippen LogP contribution >= 0.6 is 11.3 Å². The number of fused-ring (bicyclic) bond motifs is 3. The number of hydrogen-bond donors (Lipinski definition) is 0. The van der Waals surface area contributed by atoms with Gasteiger partial charge in [-0.05, 0) is 25.1 Å². The lowest BCUT2D eigenvalue weighted by Gasteiger charge is -2.25. The minimum atomic E-state index is -0.702. The predicted octanol–water partition coefficient (Wildman–Crippen LogP) is 4.54. The van der Waals surface area contributed by atoms with Crippen LogP contribution in [0.1, 0.15) is 24.0 Å². The first kappa shape index (κ1) is 22.5. The number of nitro benzene ring substituents is 1. The van der Waals surface area contributed by atoms with Gasteiger partial charge in [-0.3, -0.25) is 19.7 Å². The topological polar surface area (TPSA) is 113 Å². The average Bonchev–Trinajstić information content (AvgIpc) is 3.18. The monoisotopic (exact) mass is 489 g/mol. The predicted molar refractivity (Wildman–Crippen MR) is 128 cm³/mol. The van der Waals surface area contributed by atoms with Gasteiger partial charge in [0.1, 0.15) is 18.0 Å². The summed E-state index contributed by atoms with van der Waals surface area (Å²) in [7, 11) is 0. The first-order chi connectivity index (χ1) is 17.0. The fourth-order valence-corrected chi connectivity index (χ4v) is 5.15. The lowest BCUT2D eigenvalue weighted by atomic mass is 9.87. The third-order valence-electron chi connectivity index (χ3n) is 5.60. The van der Waals surface area contributed by atoms with Gasteiger partial charge < -0.3 is 14.0 Å². The highest BCUT2D eigenvalue weighted by molar-refractivity contribution is 7.16. The number of amides is 1. The molecule has 0 aliphatic carbocycles. The number of thiazole rings is 1. The van der Waals surface area contributed by atoms with E-state index < -0.39 is 22.7 Å². The van der Waals surface area contributed by atoms with Gasteiger partial charge in [0.15, 0.2) is 4.80 Å². The van der Waals surface area contributed by atoms with Crippen molar-refractivity contribution < 1.29 is 24.0 Å². The summed E-state index contributed by atoms with van der Waals surface area (Å²) in [5.74, 6) is -0.489. The van der Waals surface area contributed by atoms with Crippen molar-refractivity contribution in [2.24, 2.45) is 4.99 Å². The van der Waals surface area contributed by atoms with Crippen LogP contribution in [-0.4, -0.2) is 28.0 Å². The molecule has 176 valence electrons. The Labute approximate surface area is 203 Å². The van der Waals surface area contributed by atoms with Gasteiger partial charge in [-0.1, -0.05) is 47.7 Å². The first-order valence-corrected chi connectivity index (χ1v) is 11.7. The number of carbonyl (C=O) groups excluding carboxylic acids is 2. The third-order valence-corrected chi connectivity index (χ3v) is 6.64. The van der Waals surface area contributed by atoms with Crippen LogP contribution in [0.15, 0.2) is 71.7 Å². The lowest BCUT2D eigenvalue weighted by molar-refractivity contribution is -0.384. The van der Waals surface area contributed by atoms with Crippen LogP contribution in [0.3, 0.4) is 0 Å². The van der Waals surface area contributed by atoms with E-state index in [4.69, 9.17) is 9.47 Å². The van der Waals surface area contributed by atoms with Gasteiger partial charge in [-0.15, -0.1) is 0 Å². The molecule has 0 saturated carbocycles. The van der Waals surface area contributed by atoms with Gasteiger partial charge >= 0.3 is 5.97 Å². The van der Waals surface area contributed by atoms with Crippen molar-refractivity contribution in [2.75, 3.05) is 6.61 Å². The van der Waals surface area contributed by atoms with E-state index in [-0.39, 0.29) is 23.6 Å². The Hall–Kier alpha value is -4.31. The summed E-state index contributed by atoms with van der Waals surface area (Å²) in [6.45, 7) is 1.72. The molecule has 1 amide bonds. The van der Waals surface area contributed by atoms with Gasteiger partial charge in [-0.2, -0.15) is 4.99 Å². The Morgan fingerprint density at radius 2 is 1.74 bits per heavy atom. The maximum Gasteiger partial charge on any atom is 0.326 e. The molecule has 1 aliphatic heterocycles. The SMILES string of the molecule is CCOC(=O)Cn1c(=NC(=O)C2c3ccccc3Oc3ccccc32)sc2cc([N+](=O)[O-])ccc21. The number of esters is 1. The number of ether oxygens (including phenoxy) is 2. The van der Waals surface area contributed by atoms with E-state index in [1.807, 2.05) is 36.4 Å². The smallest absolute Gasteiger partial charge is 0.326 e. The molecule has 35 heavy (non-hydrogen) atoms. The van der Waals surface area contributed by atoms with Crippen LogP contribution in [0.2, 0.25) is 0 Å². The Balaban J connectivity index is 1.66. The molecular formula is C25H19N3O6S. The molecule has 0 fully saturated rings. The molecule has 1 aromatic heterocycles. The van der Waals surface area contributed by atoms with Crippen molar-refractivity contribution >= 4 is 39.1 Å². The molecule has 2 heterocycles. The van der Waals surface area contributed by atoms with Crippen molar-refractivity contribution in [3.8, 4) is 11.5 Å². The van der Waals surface area contributed by atoms with E-state index in [1.165, 1.54) is 12.1 Å². The number of carbonyl (C=O) groups is 2. The number of nitrogens with zero attached hydrogens (tertiary/aromatic N) is 3. The van der Waals surface area contributed by atoms with Crippen LogP contribution < -0.4 is 9.54 Å². The molecule has 5 rings (SSSR count). The molecule has 1 aliphatic rings. The van der Waals surface area contributed by atoms with Gasteiger partial charge in [-0.25, -0.2) is 0 Å². The van der Waals surface area contributed by atoms with Crippen molar-refractivity contribution in [1.29, 1.82) is 0 Å².